The molecule has 4 heteroatoms. The van der Waals surface area contributed by atoms with Crippen molar-refractivity contribution in [3.8, 4) is 0 Å². The molecule has 0 aliphatic rings. The van der Waals surface area contributed by atoms with Crippen LogP contribution in [0.15, 0.2) is 48.5 Å². The van der Waals surface area contributed by atoms with Gasteiger partial charge < -0.3 is 5.73 Å². The fourth-order valence-electron chi connectivity index (χ4n) is 3.99. The van der Waals surface area contributed by atoms with Crippen LogP contribution in [0.5, 0.6) is 0 Å². The number of hydrogen-bond donors (Lipinski definition) is 3. The highest BCUT2D eigenvalue weighted by Crippen LogP contribution is 2.31. The second kappa shape index (κ2) is 12.5. The average molecular weight is 396 g/mol. The zero-order valence-corrected chi connectivity index (χ0v) is 18.0. The van der Waals surface area contributed by atoms with Gasteiger partial charge in [0.1, 0.15) is 5.78 Å². The predicted octanol–water partition coefficient (Wildman–Crippen LogP) is 4.93. The van der Waals surface area contributed by atoms with Crippen LogP contribution in [0.4, 0.5) is 0 Å². The lowest BCUT2D eigenvalue weighted by Crippen LogP contribution is -2.37. The Hall–Kier alpha value is -2.01. The molecule has 0 saturated carbocycles. The summed E-state index contributed by atoms with van der Waals surface area (Å²) in [6.07, 6.45) is 7.30. The van der Waals surface area contributed by atoms with E-state index in [1.165, 1.54) is 11.1 Å². The van der Waals surface area contributed by atoms with Gasteiger partial charge in [0, 0.05) is 12.8 Å². The zero-order chi connectivity index (χ0) is 21.1. The van der Waals surface area contributed by atoms with E-state index in [1.807, 2.05) is 24.3 Å². The van der Waals surface area contributed by atoms with E-state index in [4.69, 9.17) is 11.6 Å². The number of carbonyl (C=O) groups is 1. The third-order valence-electron chi connectivity index (χ3n) is 5.68. The van der Waals surface area contributed by atoms with Gasteiger partial charge in [-0.1, -0.05) is 75.2 Å². The SMILES string of the molecule is CCCCCC(=O)CCCc1ccccc1C(N)C(NN)c1ccccc1CC. The summed E-state index contributed by atoms with van der Waals surface area (Å²) in [4.78, 5) is 12.1. The van der Waals surface area contributed by atoms with Crippen LogP contribution < -0.4 is 17.0 Å². The van der Waals surface area contributed by atoms with E-state index >= 15 is 0 Å². The molecule has 0 radical (unpaired) electrons. The Morgan fingerprint density at radius 1 is 0.897 bits per heavy atom. The van der Waals surface area contributed by atoms with Gasteiger partial charge in [0.15, 0.2) is 0 Å². The van der Waals surface area contributed by atoms with Crippen molar-refractivity contribution in [2.75, 3.05) is 0 Å². The number of rotatable bonds is 13. The zero-order valence-electron chi connectivity index (χ0n) is 18.0. The van der Waals surface area contributed by atoms with E-state index < -0.39 is 0 Å². The Morgan fingerprint density at radius 3 is 2.17 bits per heavy atom. The molecule has 5 N–H and O–H groups in total. The molecule has 29 heavy (non-hydrogen) atoms. The maximum absolute atomic E-state index is 12.1. The molecule has 0 fully saturated rings. The quantitative estimate of drug-likeness (QED) is 0.255. The fourth-order valence-corrected chi connectivity index (χ4v) is 3.99. The number of carbonyl (C=O) groups excluding carboxylic acids is 1. The molecule has 2 unspecified atom stereocenters. The minimum Gasteiger partial charge on any atom is -0.322 e. The van der Waals surface area contributed by atoms with Gasteiger partial charge in [-0.3, -0.25) is 16.1 Å². The van der Waals surface area contributed by atoms with Crippen molar-refractivity contribution >= 4 is 5.78 Å². The minimum atomic E-state index is -0.260. The van der Waals surface area contributed by atoms with Crippen molar-refractivity contribution in [3.05, 3.63) is 70.8 Å². The number of benzene rings is 2. The summed E-state index contributed by atoms with van der Waals surface area (Å²) in [5.41, 5.74) is 14.3. The monoisotopic (exact) mass is 395 g/mol. The third-order valence-corrected chi connectivity index (χ3v) is 5.68. The molecule has 0 spiro atoms. The van der Waals surface area contributed by atoms with E-state index in [2.05, 4.69) is 43.5 Å². The van der Waals surface area contributed by atoms with E-state index in [1.54, 1.807) is 0 Å². The molecule has 0 aromatic heterocycles. The molecule has 0 heterocycles. The third kappa shape index (κ3) is 6.77. The number of Topliss-reactive ketones (excluding diaryl/α,β-unsaturated/α-hetero) is 1. The second-order valence-electron chi connectivity index (χ2n) is 7.77. The first kappa shape index (κ1) is 23.3. The Labute approximate surface area is 176 Å². The Bertz CT molecular complexity index is 759. The molecular weight excluding hydrogens is 358 g/mol. The van der Waals surface area contributed by atoms with Gasteiger partial charge in [-0.2, -0.15) is 0 Å². The standard InChI is InChI=1S/C25H37N3O/c1-3-5-6-15-21(29)16-11-14-20-13-8-9-17-22(20)24(26)25(28-27)23-18-10-7-12-19(23)4-2/h7-10,12-13,17-18,24-25,28H,3-6,11,14-16,26-27H2,1-2H3. The molecule has 2 aromatic rings. The van der Waals surface area contributed by atoms with E-state index in [0.29, 0.717) is 18.6 Å². The van der Waals surface area contributed by atoms with Crippen molar-refractivity contribution in [1.29, 1.82) is 0 Å². The summed E-state index contributed by atoms with van der Waals surface area (Å²) in [7, 11) is 0. The first-order chi connectivity index (χ1) is 14.1. The highest BCUT2D eigenvalue weighted by Gasteiger charge is 2.23. The van der Waals surface area contributed by atoms with Gasteiger partial charge in [-0.15, -0.1) is 0 Å². The van der Waals surface area contributed by atoms with Crippen LogP contribution in [0.25, 0.3) is 0 Å². The summed E-state index contributed by atoms with van der Waals surface area (Å²) < 4.78 is 0. The maximum Gasteiger partial charge on any atom is 0.132 e. The summed E-state index contributed by atoms with van der Waals surface area (Å²) in [5.74, 6) is 6.31. The highest BCUT2D eigenvalue weighted by atomic mass is 16.1. The van der Waals surface area contributed by atoms with Gasteiger partial charge in [0.25, 0.3) is 0 Å². The number of unbranched alkanes of at least 4 members (excludes halogenated alkanes) is 2. The van der Waals surface area contributed by atoms with Crippen LogP contribution in [-0.4, -0.2) is 5.78 Å². The summed E-state index contributed by atoms with van der Waals surface area (Å²) in [5, 5.41) is 0. The topological polar surface area (TPSA) is 81.1 Å². The molecule has 2 atom stereocenters. The molecule has 0 amide bonds. The number of ketones is 1. The molecule has 0 aliphatic carbocycles. The Morgan fingerprint density at radius 2 is 1.52 bits per heavy atom. The predicted molar refractivity (Wildman–Crippen MR) is 121 cm³/mol. The maximum atomic E-state index is 12.1. The number of hydrazine groups is 1. The molecule has 2 rings (SSSR count). The molecule has 2 aromatic carbocycles. The van der Waals surface area contributed by atoms with Gasteiger partial charge in [-0.05, 0) is 47.9 Å². The highest BCUT2D eigenvalue weighted by molar-refractivity contribution is 5.78. The van der Waals surface area contributed by atoms with Crippen molar-refractivity contribution in [1.82, 2.24) is 5.43 Å². The number of nitrogens with two attached hydrogens (primary N) is 2. The molecule has 158 valence electrons. The van der Waals surface area contributed by atoms with Crippen molar-refractivity contribution < 1.29 is 4.79 Å². The lowest BCUT2D eigenvalue weighted by Gasteiger charge is -2.27. The van der Waals surface area contributed by atoms with Crippen LogP contribution in [-0.2, 0) is 17.6 Å². The second-order valence-corrected chi connectivity index (χ2v) is 7.77. The Kier molecular flexibility index (Phi) is 10.1. The summed E-state index contributed by atoms with van der Waals surface area (Å²) in [6, 6.07) is 16.1. The van der Waals surface area contributed by atoms with Gasteiger partial charge >= 0.3 is 0 Å². The molecule has 0 bridgehead atoms. The van der Waals surface area contributed by atoms with Crippen molar-refractivity contribution in [2.24, 2.45) is 11.6 Å². The van der Waals surface area contributed by atoms with Crippen molar-refractivity contribution in [3.63, 3.8) is 0 Å². The van der Waals surface area contributed by atoms with Crippen LogP contribution in [0.2, 0.25) is 0 Å². The normalized spacial score (nSPS) is 13.2. The molecule has 0 saturated heterocycles. The molecule has 4 nitrogen and oxygen atoms in total. The lowest BCUT2D eigenvalue weighted by atomic mass is 9.87. The Balaban J connectivity index is 2.09. The van der Waals surface area contributed by atoms with E-state index in [-0.39, 0.29) is 12.1 Å². The number of aryl methyl sites for hydroxylation is 2. The molecular formula is C25H37N3O. The minimum absolute atomic E-state index is 0.164. The number of nitrogens with one attached hydrogen (secondary N) is 1. The summed E-state index contributed by atoms with van der Waals surface area (Å²) >= 11 is 0. The lowest BCUT2D eigenvalue weighted by molar-refractivity contribution is -0.119. The largest absolute Gasteiger partial charge is 0.322 e. The van der Waals surface area contributed by atoms with Gasteiger partial charge in [-0.25, -0.2) is 0 Å². The summed E-state index contributed by atoms with van der Waals surface area (Å²) in [6.45, 7) is 4.30. The van der Waals surface area contributed by atoms with Crippen LogP contribution in [0, 0.1) is 0 Å². The first-order valence-corrected chi connectivity index (χ1v) is 11.0. The van der Waals surface area contributed by atoms with Crippen molar-refractivity contribution in [2.45, 2.75) is 77.3 Å². The van der Waals surface area contributed by atoms with Gasteiger partial charge in [0.2, 0.25) is 0 Å². The first-order valence-electron chi connectivity index (χ1n) is 11.0. The average Bonchev–Trinajstić information content (AvgIpc) is 2.75. The van der Waals surface area contributed by atoms with E-state index in [0.717, 1.165) is 49.7 Å². The number of hydrogen-bond acceptors (Lipinski definition) is 4. The van der Waals surface area contributed by atoms with Gasteiger partial charge in [0.05, 0.1) is 12.1 Å². The van der Waals surface area contributed by atoms with Crippen LogP contribution in [0.3, 0.4) is 0 Å². The van der Waals surface area contributed by atoms with Crippen LogP contribution >= 0.6 is 0 Å². The fraction of sp³-hybridized carbons (Fsp3) is 0.480. The smallest absolute Gasteiger partial charge is 0.132 e. The molecule has 0 aliphatic heterocycles. The van der Waals surface area contributed by atoms with E-state index in [9.17, 15) is 4.79 Å². The van der Waals surface area contributed by atoms with Crippen LogP contribution in [0.1, 0.15) is 86.7 Å².